The first-order valence-corrected chi connectivity index (χ1v) is 4.94. The molecule has 0 fully saturated rings. The number of methoxy groups -OCH3 is 1. The number of Topliss-reactive ketones (excluding diaryl/α,β-unsaturated/α-hetero) is 1. The number of ketones is 1. The van der Waals surface area contributed by atoms with E-state index in [1.807, 2.05) is 19.9 Å². The van der Waals surface area contributed by atoms with E-state index < -0.39 is 0 Å². The predicted octanol–water partition coefficient (Wildman–Crippen LogP) is 3.23. The van der Waals surface area contributed by atoms with E-state index in [-0.39, 0.29) is 5.78 Å². The lowest BCUT2D eigenvalue weighted by molar-refractivity contribution is 0.0995. The fourth-order valence-corrected chi connectivity index (χ4v) is 1.19. The minimum Gasteiger partial charge on any atom is -0.497 e. The minimum absolute atomic E-state index is 0.138. The van der Waals surface area contributed by atoms with Crippen LogP contribution in [-0.4, -0.2) is 12.9 Å². The van der Waals surface area contributed by atoms with Gasteiger partial charge in [-0.2, -0.15) is 0 Å². The van der Waals surface area contributed by atoms with E-state index in [2.05, 4.69) is 0 Å². The van der Waals surface area contributed by atoms with Crippen LogP contribution in [0.4, 0.5) is 0 Å². The van der Waals surface area contributed by atoms with Gasteiger partial charge < -0.3 is 4.74 Å². The van der Waals surface area contributed by atoms with E-state index in [9.17, 15) is 4.79 Å². The number of benzene rings is 1. The average molecular weight is 204 g/mol. The average Bonchev–Trinajstić information content (AvgIpc) is 2.26. The van der Waals surface area contributed by atoms with Crippen LogP contribution in [0.2, 0.25) is 0 Å². The van der Waals surface area contributed by atoms with Gasteiger partial charge >= 0.3 is 0 Å². The van der Waals surface area contributed by atoms with E-state index in [1.165, 1.54) is 0 Å². The van der Waals surface area contributed by atoms with Crippen molar-refractivity contribution in [3.05, 3.63) is 41.5 Å². The Hall–Kier alpha value is -1.57. The van der Waals surface area contributed by atoms with Crippen molar-refractivity contribution in [1.82, 2.24) is 0 Å². The minimum atomic E-state index is 0.138. The van der Waals surface area contributed by atoms with E-state index in [0.29, 0.717) is 6.42 Å². The van der Waals surface area contributed by atoms with Gasteiger partial charge in [0, 0.05) is 12.0 Å². The van der Waals surface area contributed by atoms with Crippen molar-refractivity contribution in [1.29, 1.82) is 0 Å². The summed E-state index contributed by atoms with van der Waals surface area (Å²) in [7, 11) is 1.61. The van der Waals surface area contributed by atoms with Crippen LogP contribution in [0.3, 0.4) is 0 Å². The molecule has 0 saturated carbocycles. The summed E-state index contributed by atoms with van der Waals surface area (Å²) in [5, 5.41) is 0. The Morgan fingerprint density at radius 1 is 1.27 bits per heavy atom. The molecular weight excluding hydrogens is 188 g/mol. The summed E-state index contributed by atoms with van der Waals surface area (Å²) in [5.41, 5.74) is 1.89. The topological polar surface area (TPSA) is 26.3 Å². The molecule has 2 nitrogen and oxygen atoms in total. The van der Waals surface area contributed by atoms with Crippen molar-refractivity contribution in [2.24, 2.45) is 0 Å². The first-order chi connectivity index (χ1) is 7.13. The maximum Gasteiger partial charge on any atom is 0.166 e. The van der Waals surface area contributed by atoms with Crippen molar-refractivity contribution >= 4 is 5.78 Å². The molecule has 1 aromatic rings. The standard InChI is InChI=1S/C13H16O2/c1-10(2)4-9-13(14)11-5-7-12(15-3)8-6-11/h4-8H,9H2,1-3H3. The molecule has 1 aromatic carbocycles. The molecule has 0 atom stereocenters. The summed E-state index contributed by atoms with van der Waals surface area (Å²) in [6, 6.07) is 7.19. The number of carbonyl (C=O) groups excluding carboxylic acids is 1. The third-order valence-electron chi connectivity index (χ3n) is 2.11. The molecule has 1 rings (SSSR count). The molecule has 0 aromatic heterocycles. The van der Waals surface area contributed by atoms with Crippen molar-refractivity contribution in [3.8, 4) is 5.75 Å². The largest absolute Gasteiger partial charge is 0.497 e. The second-order valence-electron chi connectivity index (χ2n) is 3.64. The van der Waals surface area contributed by atoms with Gasteiger partial charge in [0.2, 0.25) is 0 Å². The van der Waals surface area contributed by atoms with Gasteiger partial charge in [-0.15, -0.1) is 0 Å². The van der Waals surface area contributed by atoms with Gasteiger partial charge in [-0.05, 0) is 38.1 Å². The van der Waals surface area contributed by atoms with Gasteiger partial charge in [-0.25, -0.2) is 0 Å². The van der Waals surface area contributed by atoms with Gasteiger partial charge in [0.25, 0.3) is 0 Å². The fourth-order valence-electron chi connectivity index (χ4n) is 1.19. The van der Waals surface area contributed by atoms with Gasteiger partial charge in [0.1, 0.15) is 5.75 Å². The van der Waals surface area contributed by atoms with Gasteiger partial charge in [-0.3, -0.25) is 4.79 Å². The Bertz CT molecular complexity index is 357. The van der Waals surface area contributed by atoms with Crippen molar-refractivity contribution < 1.29 is 9.53 Å². The molecule has 0 bridgehead atoms. The van der Waals surface area contributed by atoms with Crippen LogP contribution in [0.5, 0.6) is 5.75 Å². The molecule has 0 radical (unpaired) electrons. The lowest BCUT2D eigenvalue weighted by Gasteiger charge is -2.01. The second-order valence-corrected chi connectivity index (χ2v) is 3.64. The molecule has 0 heterocycles. The lowest BCUT2D eigenvalue weighted by atomic mass is 10.1. The van der Waals surface area contributed by atoms with Crippen LogP contribution in [0, 0.1) is 0 Å². The van der Waals surface area contributed by atoms with E-state index in [1.54, 1.807) is 31.4 Å². The number of allylic oxidation sites excluding steroid dienone is 2. The third kappa shape index (κ3) is 3.58. The maximum absolute atomic E-state index is 11.7. The highest BCUT2D eigenvalue weighted by molar-refractivity contribution is 5.97. The second kappa shape index (κ2) is 5.35. The Kier molecular flexibility index (Phi) is 4.10. The fraction of sp³-hybridized carbons (Fsp3) is 0.308. The van der Waals surface area contributed by atoms with Crippen LogP contribution < -0.4 is 4.74 Å². The van der Waals surface area contributed by atoms with Gasteiger partial charge in [-0.1, -0.05) is 11.6 Å². The number of hydrogen-bond donors (Lipinski definition) is 0. The molecule has 2 heteroatoms. The van der Waals surface area contributed by atoms with Gasteiger partial charge in [0.05, 0.1) is 7.11 Å². The van der Waals surface area contributed by atoms with E-state index in [0.717, 1.165) is 16.9 Å². The summed E-state index contributed by atoms with van der Waals surface area (Å²) in [4.78, 5) is 11.7. The number of hydrogen-bond acceptors (Lipinski definition) is 2. The van der Waals surface area contributed by atoms with Crippen molar-refractivity contribution in [3.63, 3.8) is 0 Å². The molecule has 0 aliphatic heterocycles. The van der Waals surface area contributed by atoms with Crippen LogP contribution in [-0.2, 0) is 0 Å². The van der Waals surface area contributed by atoms with E-state index in [4.69, 9.17) is 4.74 Å². The highest BCUT2D eigenvalue weighted by Gasteiger charge is 2.03. The number of ether oxygens (including phenoxy) is 1. The Morgan fingerprint density at radius 3 is 2.33 bits per heavy atom. The summed E-state index contributed by atoms with van der Waals surface area (Å²) < 4.78 is 5.02. The molecular formula is C13H16O2. The maximum atomic E-state index is 11.7. The van der Waals surface area contributed by atoms with E-state index >= 15 is 0 Å². The molecule has 0 spiro atoms. The first-order valence-electron chi connectivity index (χ1n) is 4.94. The molecule has 80 valence electrons. The molecule has 0 unspecified atom stereocenters. The molecule has 0 N–H and O–H groups in total. The SMILES string of the molecule is COc1ccc(C(=O)CC=C(C)C)cc1. The normalized spacial score (nSPS) is 9.53. The Labute approximate surface area is 90.6 Å². The zero-order valence-corrected chi connectivity index (χ0v) is 9.41. The summed E-state index contributed by atoms with van der Waals surface area (Å²) in [6.45, 7) is 3.97. The first kappa shape index (κ1) is 11.5. The van der Waals surface area contributed by atoms with Gasteiger partial charge in [0.15, 0.2) is 5.78 Å². The Morgan fingerprint density at radius 2 is 1.87 bits per heavy atom. The van der Waals surface area contributed by atoms with Crippen molar-refractivity contribution in [2.75, 3.05) is 7.11 Å². The number of rotatable bonds is 4. The lowest BCUT2D eigenvalue weighted by Crippen LogP contribution is -1.97. The zero-order valence-electron chi connectivity index (χ0n) is 9.41. The van der Waals surface area contributed by atoms with Crippen LogP contribution >= 0.6 is 0 Å². The molecule has 15 heavy (non-hydrogen) atoms. The summed E-state index contributed by atoms with van der Waals surface area (Å²) in [5.74, 6) is 0.910. The van der Waals surface area contributed by atoms with Crippen molar-refractivity contribution in [2.45, 2.75) is 20.3 Å². The monoisotopic (exact) mass is 204 g/mol. The predicted molar refractivity (Wildman–Crippen MR) is 61.4 cm³/mol. The summed E-state index contributed by atoms with van der Waals surface area (Å²) in [6.07, 6.45) is 2.40. The molecule has 0 aliphatic rings. The summed E-state index contributed by atoms with van der Waals surface area (Å²) >= 11 is 0. The zero-order chi connectivity index (χ0) is 11.3. The smallest absolute Gasteiger partial charge is 0.166 e. The highest BCUT2D eigenvalue weighted by Crippen LogP contribution is 2.13. The molecule has 0 aliphatic carbocycles. The highest BCUT2D eigenvalue weighted by atomic mass is 16.5. The molecule has 0 amide bonds. The Balaban J connectivity index is 2.70. The number of carbonyl (C=O) groups is 1. The van der Waals surface area contributed by atoms with Crippen LogP contribution in [0.15, 0.2) is 35.9 Å². The van der Waals surface area contributed by atoms with Crippen LogP contribution in [0.25, 0.3) is 0 Å². The molecule has 0 saturated heterocycles. The van der Waals surface area contributed by atoms with Crippen LogP contribution in [0.1, 0.15) is 30.6 Å². The third-order valence-corrected chi connectivity index (χ3v) is 2.11. The quantitative estimate of drug-likeness (QED) is 0.556.